The average Bonchev–Trinajstić information content (AvgIpc) is 2.35. The van der Waals surface area contributed by atoms with Crippen LogP contribution in [0.5, 0.6) is 0 Å². The predicted octanol–water partition coefficient (Wildman–Crippen LogP) is 2.21. The van der Waals surface area contributed by atoms with Crippen molar-refractivity contribution >= 4 is 18.0 Å². The van der Waals surface area contributed by atoms with Crippen LogP contribution >= 0.6 is 0 Å². The minimum Gasteiger partial charge on any atom is -0.481 e. The van der Waals surface area contributed by atoms with Crippen molar-refractivity contribution in [1.82, 2.24) is 5.32 Å². The van der Waals surface area contributed by atoms with E-state index in [-0.39, 0.29) is 18.4 Å². The molecule has 0 bridgehead atoms. The highest BCUT2D eigenvalue weighted by Gasteiger charge is 2.07. The summed E-state index contributed by atoms with van der Waals surface area (Å²) in [6.07, 6.45) is 2.97. The summed E-state index contributed by atoms with van der Waals surface area (Å²) in [5.74, 6) is -1.67. The van der Waals surface area contributed by atoms with Gasteiger partial charge in [0.25, 0.3) is 0 Å². The van der Waals surface area contributed by atoms with E-state index in [4.69, 9.17) is 5.11 Å². The van der Waals surface area contributed by atoms with Gasteiger partial charge in [0.15, 0.2) is 0 Å². The Morgan fingerprint density at radius 3 is 2.74 bits per heavy atom. The summed E-state index contributed by atoms with van der Waals surface area (Å²) in [5.41, 5.74) is 0.329. The molecule has 1 atom stereocenters. The van der Waals surface area contributed by atoms with Crippen LogP contribution in [-0.4, -0.2) is 23.0 Å². The van der Waals surface area contributed by atoms with Crippen molar-refractivity contribution in [3.63, 3.8) is 0 Å². The van der Waals surface area contributed by atoms with Gasteiger partial charge in [-0.15, -0.1) is 0 Å². The summed E-state index contributed by atoms with van der Waals surface area (Å²) < 4.78 is 13.3. The van der Waals surface area contributed by atoms with Gasteiger partial charge in [0.2, 0.25) is 5.91 Å². The molecule has 0 heterocycles. The zero-order chi connectivity index (χ0) is 14.3. The van der Waals surface area contributed by atoms with Crippen molar-refractivity contribution in [2.45, 2.75) is 25.8 Å². The third-order valence-corrected chi connectivity index (χ3v) is 2.50. The van der Waals surface area contributed by atoms with Gasteiger partial charge in [-0.1, -0.05) is 18.2 Å². The monoisotopic (exact) mass is 265 g/mol. The molecule has 0 aliphatic carbocycles. The Hall–Kier alpha value is -2.17. The summed E-state index contributed by atoms with van der Waals surface area (Å²) in [6.45, 7) is 1.72. The Morgan fingerprint density at radius 2 is 2.11 bits per heavy atom. The van der Waals surface area contributed by atoms with Crippen LogP contribution in [0.4, 0.5) is 4.39 Å². The Labute approximate surface area is 110 Å². The highest BCUT2D eigenvalue weighted by Crippen LogP contribution is 2.08. The van der Waals surface area contributed by atoms with Gasteiger partial charge in [0.05, 0.1) is 0 Å². The van der Waals surface area contributed by atoms with E-state index in [1.54, 1.807) is 25.1 Å². The molecule has 1 aromatic rings. The number of carboxylic acids is 1. The van der Waals surface area contributed by atoms with Gasteiger partial charge in [-0.3, -0.25) is 9.59 Å². The van der Waals surface area contributed by atoms with E-state index < -0.39 is 11.8 Å². The third-order valence-electron chi connectivity index (χ3n) is 2.50. The Bertz CT molecular complexity index is 485. The molecule has 0 saturated carbocycles. The third kappa shape index (κ3) is 5.81. The fourth-order valence-electron chi connectivity index (χ4n) is 1.48. The second-order valence-electron chi connectivity index (χ2n) is 4.20. The lowest BCUT2D eigenvalue weighted by Crippen LogP contribution is -2.31. The number of aliphatic carboxylic acids is 1. The van der Waals surface area contributed by atoms with Crippen LogP contribution in [-0.2, 0) is 9.59 Å². The molecule has 5 heteroatoms. The predicted molar refractivity (Wildman–Crippen MR) is 69.9 cm³/mol. The fraction of sp³-hybridized carbons (Fsp3) is 0.286. The molecule has 0 saturated heterocycles. The molecule has 19 heavy (non-hydrogen) atoms. The SMILES string of the molecule is CC(CCC(=O)O)NC(=O)C=Cc1ccccc1F. The molecule has 0 aliphatic heterocycles. The van der Waals surface area contributed by atoms with Crippen molar-refractivity contribution in [3.05, 3.63) is 41.7 Å². The number of carboxylic acid groups (broad SMARTS) is 1. The molecule has 0 fully saturated rings. The normalized spacial score (nSPS) is 12.3. The van der Waals surface area contributed by atoms with E-state index in [9.17, 15) is 14.0 Å². The lowest BCUT2D eigenvalue weighted by atomic mass is 10.1. The van der Waals surface area contributed by atoms with Crippen LogP contribution in [0.2, 0.25) is 0 Å². The van der Waals surface area contributed by atoms with Crippen molar-refractivity contribution in [2.75, 3.05) is 0 Å². The molecule has 1 unspecified atom stereocenters. The van der Waals surface area contributed by atoms with Crippen molar-refractivity contribution in [3.8, 4) is 0 Å². The first-order valence-corrected chi connectivity index (χ1v) is 5.94. The Balaban J connectivity index is 2.47. The summed E-state index contributed by atoms with van der Waals surface area (Å²) in [5, 5.41) is 11.1. The second kappa shape index (κ2) is 7.31. The van der Waals surface area contributed by atoms with Crippen LogP contribution in [0.15, 0.2) is 30.3 Å². The number of hydrogen-bond acceptors (Lipinski definition) is 2. The van der Waals surface area contributed by atoms with Crippen LogP contribution in [0, 0.1) is 5.82 Å². The molecule has 2 N–H and O–H groups in total. The molecule has 0 radical (unpaired) electrons. The minimum absolute atomic E-state index is 0.00151. The first-order chi connectivity index (χ1) is 8.99. The molecule has 0 aliphatic rings. The largest absolute Gasteiger partial charge is 0.481 e. The van der Waals surface area contributed by atoms with Crippen LogP contribution in [0.3, 0.4) is 0 Å². The van der Waals surface area contributed by atoms with Gasteiger partial charge in [0, 0.05) is 24.1 Å². The lowest BCUT2D eigenvalue weighted by molar-refractivity contribution is -0.137. The highest BCUT2D eigenvalue weighted by molar-refractivity contribution is 5.91. The number of carbonyl (C=O) groups excluding carboxylic acids is 1. The van der Waals surface area contributed by atoms with Crippen molar-refractivity contribution < 1.29 is 19.1 Å². The molecule has 1 aromatic carbocycles. The number of carbonyl (C=O) groups is 2. The summed E-state index contributed by atoms with van der Waals surface area (Å²) in [4.78, 5) is 21.9. The molecule has 1 amide bonds. The lowest BCUT2D eigenvalue weighted by Gasteiger charge is -2.10. The number of hydrogen-bond donors (Lipinski definition) is 2. The van der Waals surface area contributed by atoms with Gasteiger partial charge in [-0.25, -0.2) is 4.39 Å². The van der Waals surface area contributed by atoms with Gasteiger partial charge < -0.3 is 10.4 Å². The number of amides is 1. The molecular formula is C14H16FNO3. The average molecular weight is 265 g/mol. The number of nitrogens with one attached hydrogen (secondary N) is 1. The van der Waals surface area contributed by atoms with Gasteiger partial charge in [-0.2, -0.15) is 0 Å². The van der Waals surface area contributed by atoms with Gasteiger partial charge in [0.1, 0.15) is 5.82 Å². The van der Waals surface area contributed by atoms with E-state index in [0.29, 0.717) is 12.0 Å². The van der Waals surface area contributed by atoms with Gasteiger partial charge in [-0.05, 0) is 25.5 Å². The van der Waals surface area contributed by atoms with Crippen LogP contribution in [0.1, 0.15) is 25.3 Å². The molecule has 102 valence electrons. The van der Waals surface area contributed by atoms with Crippen molar-refractivity contribution in [1.29, 1.82) is 0 Å². The highest BCUT2D eigenvalue weighted by atomic mass is 19.1. The standard InChI is InChI=1S/C14H16FNO3/c1-10(6-9-14(18)19)16-13(17)8-7-11-4-2-3-5-12(11)15/h2-5,7-8,10H,6,9H2,1H3,(H,16,17)(H,18,19). The Morgan fingerprint density at radius 1 is 1.42 bits per heavy atom. The molecule has 4 nitrogen and oxygen atoms in total. The summed E-state index contributed by atoms with van der Waals surface area (Å²) in [7, 11) is 0. The van der Waals surface area contributed by atoms with Crippen LogP contribution in [0.25, 0.3) is 6.08 Å². The van der Waals surface area contributed by atoms with E-state index in [0.717, 1.165) is 0 Å². The molecule has 1 rings (SSSR count). The van der Waals surface area contributed by atoms with E-state index >= 15 is 0 Å². The first kappa shape index (κ1) is 14.9. The number of halogens is 1. The zero-order valence-electron chi connectivity index (χ0n) is 10.6. The second-order valence-corrected chi connectivity index (χ2v) is 4.20. The quantitative estimate of drug-likeness (QED) is 0.775. The minimum atomic E-state index is -0.900. The summed E-state index contributed by atoms with van der Waals surface area (Å²) in [6, 6.07) is 5.88. The van der Waals surface area contributed by atoms with Gasteiger partial charge >= 0.3 is 5.97 Å². The topological polar surface area (TPSA) is 66.4 Å². The van der Waals surface area contributed by atoms with E-state index in [1.807, 2.05) is 0 Å². The maximum atomic E-state index is 13.3. The zero-order valence-corrected chi connectivity index (χ0v) is 10.6. The molecular weight excluding hydrogens is 249 g/mol. The van der Waals surface area contributed by atoms with E-state index in [2.05, 4.69) is 5.32 Å². The number of benzene rings is 1. The maximum Gasteiger partial charge on any atom is 0.303 e. The van der Waals surface area contributed by atoms with E-state index in [1.165, 1.54) is 18.2 Å². The first-order valence-electron chi connectivity index (χ1n) is 5.94. The van der Waals surface area contributed by atoms with Crippen molar-refractivity contribution in [2.24, 2.45) is 0 Å². The van der Waals surface area contributed by atoms with Crippen LogP contribution < -0.4 is 5.32 Å². The Kier molecular flexibility index (Phi) is 5.73. The summed E-state index contributed by atoms with van der Waals surface area (Å²) >= 11 is 0. The number of rotatable bonds is 6. The smallest absolute Gasteiger partial charge is 0.303 e. The maximum absolute atomic E-state index is 13.3. The molecule has 0 aromatic heterocycles. The molecule has 0 spiro atoms. The fourth-order valence-corrected chi connectivity index (χ4v) is 1.48.